The van der Waals surface area contributed by atoms with Gasteiger partial charge < -0.3 is 0 Å². The fraction of sp³-hybridized carbons (Fsp3) is 0. The molecule has 0 saturated heterocycles. The van der Waals surface area contributed by atoms with Crippen LogP contribution in [-0.2, 0) is 0 Å². The lowest BCUT2D eigenvalue weighted by Gasteiger charge is -2.04. The average molecular weight is 369 g/mol. The Kier molecular flexibility index (Phi) is 5.35. The van der Waals surface area contributed by atoms with Crippen molar-refractivity contribution in [2.45, 2.75) is 0 Å². The van der Waals surface area contributed by atoms with Gasteiger partial charge in [0.05, 0.1) is 26.3 Å². The molecule has 0 saturated carbocycles. The Morgan fingerprint density at radius 1 is 0.950 bits per heavy atom. The summed E-state index contributed by atoms with van der Waals surface area (Å²) in [5.74, 6) is 0.278. The molecule has 1 heterocycles. The first-order chi connectivity index (χ1) is 9.49. The summed E-state index contributed by atoms with van der Waals surface area (Å²) in [5.41, 5.74) is 3.23. The van der Waals surface area contributed by atoms with Crippen molar-refractivity contribution in [3.05, 3.63) is 55.1 Å². The average Bonchev–Trinajstić information content (AvgIpc) is 2.39. The number of rotatable bonds is 3. The Balaban J connectivity index is 2.21. The predicted molar refractivity (Wildman–Crippen MR) is 86.9 cm³/mol. The van der Waals surface area contributed by atoms with Gasteiger partial charge in [-0.25, -0.2) is 4.98 Å². The second-order valence-corrected chi connectivity index (χ2v) is 5.58. The van der Waals surface area contributed by atoms with Crippen LogP contribution in [0.15, 0.2) is 29.4 Å². The summed E-state index contributed by atoms with van der Waals surface area (Å²) in [4.78, 5) is 3.96. The molecule has 0 bridgehead atoms. The highest BCUT2D eigenvalue weighted by Crippen LogP contribution is 2.29. The molecule has 0 amide bonds. The van der Waals surface area contributed by atoms with Crippen LogP contribution < -0.4 is 5.43 Å². The van der Waals surface area contributed by atoms with E-state index in [0.717, 1.165) is 0 Å². The first-order valence-electron chi connectivity index (χ1n) is 5.23. The zero-order valence-electron chi connectivity index (χ0n) is 9.67. The second-order valence-electron chi connectivity index (χ2n) is 3.60. The molecule has 1 N–H and O–H groups in total. The van der Waals surface area contributed by atoms with Gasteiger partial charge in [0.15, 0.2) is 5.82 Å². The van der Waals surface area contributed by atoms with E-state index >= 15 is 0 Å². The Hall–Kier alpha value is -0.710. The molecule has 0 radical (unpaired) electrons. The van der Waals surface area contributed by atoms with Gasteiger partial charge in [0.2, 0.25) is 0 Å². The molecule has 3 nitrogen and oxygen atoms in total. The van der Waals surface area contributed by atoms with Crippen molar-refractivity contribution in [3.8, 4) is 0 Å². The smallest absolute Gasteiger partial charge is 0.166 e. The van der Waals surface area contributed by atoms with E-state index in [0.29, 0.717) is 20.6 Å². The first kappa shape index (κ1) is 15.7. The van der Waals surface area contributed by atoms with Gasteiger partial charge in [0.25, 0.3) is 0 Å². The summed E-state index contributed by atoms with van der Waals surface area (Å²) in [6.45, 7) is 0. The molecule has 0 spiro atoms. The monoisotopic (exact) mass is 367 g/mol. The largest absolute Gasteiger partial charge is 0.260 e. The fourth-order valence-corrected chi connectivity index (χ4v) is 2.35. The summed E-state index contributed by atoms with van der Waals surface area (Å²) >= 11 is 29.5. The molecular weight excluding hydrogens is 363 g/mol. The lowest BCUT2D eigenvalue weighted by atomic mass is 10.2. The van der Waals surface area contributed by atoms with Gasteiger partial charge in [-0.05, 0) is 18.2 Å². The molecule has 1 aromatic heterocycles. The van der Waals surface area contributed by atoms with Crippen LogP contribution in [-0.4, -0.2) is 11.2 Å². The lowest BCUT2D eigenvalue weighted by molar-refractivity contribution is 1.23. The van der Waals surface area contributed by atoms with Gasteiger partial charge in [-0.3, -0.25) is 5.43 Å². The Morgan fingerprint density at radius 2 is 1.60 bits per heavy atom. The van der Waals surface area contributed by atoms with Crippen molar-refractivity contribution in [2.24, 2.45) is 5.10 Å². The number of nitrogens with zero attached hydrogens (tertiary/aromatic N) is 2. The minimum absolute atomic E-state index is 0.129. The van der Waals surface area contributed by atoms with E-state index in [2.05, 4.69) is 15.5 Å². The SMILES string of the molecule is Clc1cc(Cl)c(N/N=C\c2c(Cl)cccc2Cl)nc1Cl. The van der Waals surface area contributed by atoms with Crippen molar-refractivity contribution >= 4 is 70.0 Å². The van der Waals surface area contributed by atoms with E-state index in [1.807, 2.05) is 0 Å². The van der Waals surface area contributed by atoms with Crippen molar-refractivity contribution < 1.29 is 0 Å². The Labute approximate surface area is 140 Å². The maximum absolute atomic E-state index is 6.00. The van der Waals surface area contributed by atoms with Crippen LogP contribution in [0.4, 0.5) is 5.82 Å². The molecule has 0 aliphatic rings. The number of halogens is 5. The number of benzene rings is 1. The highest BCUT2D eigenvalue weighted by atomic mass is 35.5. The molecular formula is C12H6Cl5N3. The minimum Gasteiger partial charge on any atom is -0.260 e. The van der Waals surface area contributed by atoms with Crippen LogP contribution in [0.3, 0.4) is 0 Å². The molecule has 2 rings (SSSR count). The third-order valence-electron chi connectivity index (χ3n) is 2.25. The molecule has 20 heavy (non-hydrogen) atoms. The van der Waals surface area contributed by atoms with E-state index < -0.39 is 0 Å². The van der Waals surface area contributed by atoms with Gasteiger partial charge in [-0.15, -0.1) is 0 Å². The molecule has 0 atom stereocenters. The number of hydrazone groups is 1. The fourth-order valence-electron chi connectivity index (χ4n) is 1.31. The standard InChI is InChI=1S/C12H6Cl5N3/c13-7-2-1-3-8(14)6(7)5-18-20-12-10(16)4-9(15)11(17)19-12/h1-5H,(H,19,20)/b18-5-. The topological polar surface area (TPSA) is 37.3 Å². The van der Waals surface area contributed by atoms with Gasteiger partial charge in [0, 0.05) is 5.56 Å². The predicted octanol–water partition coefficient (Wildman–Crippen LogP) is 5.79. The number of hydrogen-bond acceptors (Lipinski definition) is 3. The summed E-state index contributed by atoms with van der Waals surface area (Å²) in [7, 11) is 0. The lowest BCUT2D eigenvalue weighted by Crippen LogP contribution is -1.96. The van der Waals surface area contributed by atoms with E-state index in [9.17, 15) is 0 Å². The summed E-state index contributed by atoms with van der Waals surface area (Å²) in [6, 6.07) is 6.63. The third-order valence-corrected chi connectivity index (χ3v) is 3.87. The normalized spacial score (nSPS) is 11.1. The second kappa shape index (κ2) is 6.83. The highest BCUT2D eigenvalue weighted by Gasteiger charge is 2.07. The minimum atomic E-state index is 0.129. The van der Waals surface area contributed by atoms with E-state index in [1.54, 1.807) is 18.2 Å². The van der Waals surface area contributed by atoms with E-state index in [-0.39, 0.29) is 16.0 Å². The van der Waals surface area contributed by atoms with Gasteiger partial charge >= 0.3 is 0 Å². The quantitative estimate of drug-likeness (QED) is 0.422. The van der Waals surface area contributed by atoms with E-state index in [1.165, 1.54) is 12.3 Å². The van der Waals surface area contributed by atoms with Crippen LogP contribution in [0.25, 0.3) is 0 Å². The number of anilines is 1. The van der Waals surface area contributed by atoms with E-state index in [4.69, 9.17) is 58.0 Å². The van der Waals surface area contributed by atoms with Crippen LogP contribution in [0.2, 0.25) is 25.2 Å². The van der Waals surface area contributed by atoms with Gasteiger partial charge in [0.1, 0.15) is 5.15 Å². The van der Waals surface area contributed by atoms with Crippen molar-refractivity contribution in [1.82, 2.24) is 4.98 Å². The maximum Gasteiger partial charge on any atom is 0.166 e. The van der Waals surface area contributed by atoms with Crippen molar-refractivity contribution in [3.63, 3.8) is 0 Å². The van der Waals surface area contributed by atoms with Gasteiger partial charge in [-0.1, -0.05) is 64.1 Å². The van der Waals surface area contributed by atoms with Crippen LogP contribution in [0.5, 0.6) is 0 Å². The number of aromatic nitrogens is 1. The Morgan fingerprint density at radius 3 is 2.25 bits per heavy atom. The molecule has 0 unspecified atom stereocenters. The zero-order valence-corrected chi connectivity index (χ0v) is 13.5. The number of hydrogen-bond donors (Lipinski definition) is 1. The molecule has 0 aliphatic carbocycles. The highest BCUT2D eigenvalue weighted by molar-refractivity contribution is 6.43. The van der Waals surface area contributed by atoms with Gasteiger partial charge in [-0.2, -0.15) is 5.10 Å². The van der Waals surface area contributed by atoms with Crippen molar-refractivity contribution in [1.29, 1.82) is 0 Å². The number of pyridine rings is 1. The molecule has 0 aliphatic heterocycles. The van der Waals surface area contributed by atoms with Crippen LogP contribution >= 0.6 is 58.0 Å². The summed E-state index contributed by atoms with van der Waals surface area (Å²) in [5, 5.41) is 5.62. The third kappa shape index (κ3) is 3.68. The van der Waals surface area contributed by atoms with Crippen LogP contribution in [0.1, 0.15) is 5.56 Å². The molecule has 8 heteroatoms. The van der Waals surface area contributed by atoms with Crippen LogP contribution in [0, 0.1) is 0 Å². The molecule has 0 fully saturated rings. The zero-order chi connectivity index (χ0) is 14.7. The summed E-state index contributed by atoms with van der Waals surface area (Å²) < 4.78 is 0. The number of nitrogens with one attached hydrogen (secondary N) is 1. The van der Waals surface area contributed by atoms with Crippen molar-refractivity contribution in [2.75, 3.05) is 5.43 Å². The first-order valence-corrected chi connectivity index (χ1v) is 7.12. The maximum atomic E-state index is 6.00. The molecule has 2 aromatic rings. The summed E-state index contributed by atoms with van der Waals surface area (Å²) in [6.07, 6.45) is 1.46. The molecule has 104 valence electrons. The molecule has 1 aromatic carbocycles. The Bertz CT molecular complexity index is 652.